The van der Waals surface area contributed by atoms with Gasteiger partial charge in [0, 0.05) is 21.3 Å². The van der Waals surface area contributed by atoms with Crippen molar-refractivity contribution < 1.29 is 4.21 Å². The van der Waals surface area contributed by atoms with Crippen molar-refractivity contribution in [3.63, 3.8) is 0 Å². The van der Waals surface area contributed by atoms with Crippen molar-refractivity contribution in [1.29, 1.82) is 0 Å². The van der Waals surface area contributed by atoms with Crippen molar-refractivity contribution in [1.82, 2.24) is 0 Å². The molecule has 4 unspecified atom stereocenters. The van der Waals surface area contributed by atoms with Crippen LogP contribution in [-0.4, -0.2) is 14.7 Å². The van der Waals surface area contributed by atoms with E-state index in [0.29, 0.717) is 16.4 Å². The van der Waals surface area contributed by atoms with Crippen LogP contribution < -0.4 is 0 Å². The minimum atomic E-state index is -0.560. The van der Waals surface area contributed by atoms with Crippen molar-refractivity contribution in [2.24, 2.45) is 5.92 Å². The highest BCUT2D eigenvalue weighted by atomic mass is 32.2. The molecule has 1 heterocycles. The average Bonchev–Trinajstić information content (AvgIpc) is 2.01. The predicted molar refractivity (Wildman–Crippen MR) is 50.1 cm³/mol. The molecular weight excluding hydrogens is 156 g/mol. The molecule has 0 aromatic carbocycles. The van der Waals surface area contributed by atoms with Gasteiger partial charge >= 0.3 is 0 Å². The Labute approximate surface area is 72.0 Å². The second-order valence-electron chi connectivity index (χ2n) is 3.59. The Morgan fingerprint density at radius 2 is 2.00 bits per heavy atom. The summed E-state index contributed by atoms with van der Waals surface area (Å²) >= 11 is 0. The maximum absolute atomic E-state index is 11.6. The van der Waals surface area contributed by atoms with Crippen molar-refractivity contribution in [3.8, 4) is 0 Å². The van der Waals surface area contributed by atoms with E-state index in [4.69, 9.17) is 0 Å². The van der Waals surface area contributed by atoms with Gasteiger partial charge in [-0.25, -0.2) is 0 Å². The molecule has 2 heteroatoms. The van der Waals surface area contributed by atoms with Gasteiger partial charge in [-0.3, -0.25) is 4.21 Å². The lowest BCUT2D eigenvalue weighted by molar-refractivity contribution is 0.419. The van der Waals surface area contributed by atoms with Gasteiger partial charge in [-0.1, -0.05) is 27.2 Å². The summed E-state index contributed by atoms with van der Waals surface area (Å²) in [6.45, 7) is 6.45. The van der Waals surface area contributed by atoms with Crippen LogP contribution in [-0.2, 0) is 10.8 Å². The first-order valence-electron chi connectivity index (χ1n) is 4.56. The highest BCUT2D eigenvalue weighted by Crippen LogP contribution is 2.29. The highest BCUT2D eigenvalue weighted by Gasteiger charge is 2.30. The molecule has 0 spiro atoms. The zero-order valence-corrected chi connectivity index (χ0v) is 8.49. The molecule has 0 aromatic rings. The molecule has 1 nitrogen and oxygen atoms in total. The summed E-state index contributed by atoms with van der Waals surface area (Å²) in [7, 11) is -0.560. The summed E-state index contributed by atoms with van der Waals surface area (Å²) in [6, 6.07) is 0. The maximum atomic E-state index is 11.6. The van der Waals surface area contributed by atoms with Gasteiger partial charge in [0.15, 0.2) is 0 Å². The molecule has 11 heavy (non-hydrogen) atoms. The molecule has 0 saturated carbocycles. The molecule has 0 amide bonds. The van der Waals surface area contributed by atoms with Gasteiger partial charge < -0.3 is 0 Å². The lowest BCUT2D eigenvalue weighted by Gasteiger charge is -2.31. The van der Waals surface area contributed by atoms with E-state index < -0.39 is 10.8 Å². The Morgan fingerprint density at radius 3 is 2.55 bits per heavy atom. The first-order chi connectivity index (χ1) is 5.16. The highest BCUT2D eigenvalue weighted by molar-refractivity contribution is 7.86. The first-order valence-corrected chi connectivity index (χ1v) is 5.83. The molecule has 1 aliphatic rings. The van der Waals surface area contributed by atoms with Gasteiger partial charge in [0.1, 0.15) is 0 Å². The molecule has 0 bridgehead atoms. The monoisotopic (exact) mass is 174 g/mol. The summed E-state index contributed by atoms with van der Waals surface area (Å²) in [5, 5.41) is 0.872. The minimum absolute atomic E-state index is 0.434. The van der Waals surface area contributed by atoms with Crippen LogP contribution in [0.25, 0.3) is 0 Å². The maximum Gasteiger partial charge on any atom is 0.0350 e. The topological polar surface area (TPSA) is 17.1 Å². The predicted octanol–water partition coefficient (Wildman–Crippen LogP) is 2.33. The minimum Gasteiger partial charge on any atom is -0.259 e. The van der Waals surface area contributed by atoms with Crippen LogP contribution in [0.1, 0.15) is 40.0 Å². The van der Waals surface area contributed by atoms with E-state index in [9.17, 15) is 4.21 Å². The number of hydrogen-bond acceptors (Lipinski definition) is 1. The first kappa shape index (κ1) is 9.24. The van der Waals surface area contributed by atoms with E-state index in [0.717, 1.165) is 6.42 Å². The molecule has 4 atom stereocenters. The summed E-state index contributed by atoms with van der Waals surface area (Å²) in [5.74, 6) is 0.715. The Kier molecular flexibility index (Phi) is 3.11. The van der Waals surface area contributed by atoms with Gasteiger partial charge in [-0.15, -0.1) is 0 Å². The second-order valence-corrected chi connectivity index (χ2v) is 5.80. The number of rotatable bonds is 1. The molecule has 1 saturated heterocycles. The third-order valence-corrected chi connectivity index (χ3v) is 5.04. The summed E-state index contributed by atoms with van der Waals surface area (Å²) in [6.07, 6.45) is 3.64. The van der Waals surface area contributed by atoms with Gasteiger partial charge in [0.05, 0.1) is 0 Å². The Balaban J connectivity index is 2.59. The molecule has 0 aromatic heterocycles. The third-order valence-electron chi connectivity index (χ3n) is 2.90. The van der Waals surface area contributed by atoms with Crippen molar-refractivity contribution in [3.05, 3.63) is 0 Å². The van der Waals surface area contributed by atoms with Gasteiger partial charge in [0.2, 0.25) is 0 Å². The zero-order valence-electron chi connectivity index (χ0n) is 7.67. The number of hydrogen-bond donors (Lipinski definition) is 0. The van der Waals surface area contributed by atoms with Crippen LogP contribution in [0.5, 0.6) is 0 Å². The van der Waals surface area contributed by atoms with E-state index in [1.807, 2.05) is 0 Å². The fraction of sp³-hybridized carbons (Fsp3) is 1.00. The van der Waals surface area contributed by atoms with E-state index in [1.165, 1.54) is 12.8 Å². The van der Waals surface area contributed by atoms with Crippen molar-refractivity contribution in [2.75, 3.05) is 0 Å². The standard InChI is InChI=1S/C9H18OS/c1-4-9-6-5-7(2)11(10)8(9)3/h7-9H,4-6H2,1-3H3. The fourth-order valence-corrected chi connectivity index (χ4v) is 3.70. The van der Waals surface area contributed by atoms with Crippen LogP contribution in [0.2, 0.25) is 0 Å². The molecular formula is C9H18OS. The fourth-order valence-electron chi connectivity index (χ4n) is 1.89. The summed E-state index contributed by atoms with van der Waals surface area (Å²) in [5.41, 5.74) is 0. The molecule has 66 valence electrons. The normalized spacial score (nSPS) is 45.7. The smallest absolute Gasteiger partial charge is 0.0350 e. The Morgan fingerprint density at radius 1 is 1.36 bits per heavy atom. The Bertz CT molecular complexity index is 156. The summed E-state index contributed by atoms with van der Waals surface area (Å²) < 4.78 is 11.6. The third kappa shape index (κ3) is 1.84. The molecule has 1 aliphatic heterocycles. The SMILES string of the molecule is CCC1CCC(C)S(=O)C1C. The molecule has 0 radical (unpaired) electrons. The van der Waals surface area contributed by atoms with Crippen LogP contribution in [0, 0.1) is 5.92 Å². The van der Waals surface area contributed by atoms with E-state index in [2.05, 4.69) is 20.8 Å². The zero-order chi connectivity index (χ0) is 8.43. The lowest BCUT2D eigenvalue weighted by Crippen LogP contribution is -2.34. The largest absolute Gasteiger partial charge is 0.259 e. The molecule has 1 fully saturated rings. The second kappa shape index (κ2) is 3.70. The van der Waals surface area contributed by atoms with Crippen LogP contribution in [0.4, 0.5) is 0 Å². The lowest BCUT2D eigenvalue weighted by atomic mass is 9.95. The van der Waals surface area contributed by atoms with E-state index in [-0.39, 0.29) is 0 Å². The molecule has 1 rings (SSSR count). The van der Waals surface area contributed by atoms with Gasteiger partial charge in [-0.2, -0.15) is 0 Å². The quantitative estimate of drug-likeness (QED) is 0.596. The van der Waals surface area contributed by atoms with Crippen molar-refractivity contribution in [2.45, 2.75) is 50.5 Å². The van der Waals surface area contributed by atoms with Crippen LogP contribution in [0.3, 0.4) is 0 Å². The average molecular weight is 174 g/mol. The molecule has 0 N–H and O–H groups in total. The molecule has 0 aliphatic carbocycles. The van der Waals surface area contributed by atoms with Crippen molar-refractivity contribution >= 4 is 10.8 Å². The van der Waals surface area contributed by atoms with Gasteiger partial charge in [0.25, 0.3) is 0 Å². The van der Waals surface area contributed by atoms with Crippen LogP contribution >= 0.6 is 0 Å². The van der Waals surface area contributed by atoms with Crippen LogP contribution in [0.15, 0.2) is 0 Å². The van der Waals surface area contributed by atoms with Gasteiger partial charge in [-0.05, 0) is 18.8 Å². The van der Waals surface area contributed by atoms with E-state index in [1.54, 1.807) is 0 Å². The Hall–Kier alpha value is 0.150. The van der Waals surface area contributed by atoms with E-state index >= 15 is 0 Å². The summed E-state index contributed by atoms with van der Waals surface area (Å²) in [4.78, 5) is 0.